The smallest absolute Gasteiger partial charge is 0.139 e. The maximum Gasteiger partial charge on any atom is 0.139 e. The summed E-state index contributed by atoms with van der Waals surface area (Å²) in [5.41, 5.74) is 8.47. The second kappa shape index (κ2) is 6.06. The van der Waals surface area contributed by atoms with Crippen molar-refractivity contribution in [3.8, 4) is 0 Å². The molecule has 0 aromatic heterocycles. The van der Waals surface area contributed by atoms with Gasteiger partial charge >= 0.3 is 0 Å². The first kappa shape index (κ1) is 13.9. The van der Waals surface area contributed by atoms with E-state index in [9.17, 15) is 4.39 Å². The molecule has 0 amide bonds. The average Bonchev–Trinajstić information content (AvgIpc) is 2.41. The Morgan fingerprint density at radius 1 is 1.21 bits per heavy atom. The van der Waals surface area contributed by atoms with Gasteiger partial charge in [0.05, 0.1) is 15.8 Å². The minimum absolute atomic E-state index is 0.296. The topological polar surface area (TPSA) is 29.3 Å². The van der Waals surface area contributed by atoms with Crippen molar-refractivity contribution in [1.29, 1.82) is 0 Å². The van der Waals surface area contributed by atoms with Crippen LogP contribution in [0.3, 0.4) is 0 Å². The number of hydrogen-bond donors (Lipinski definition) is 1. The Morgan fingerprint density at radius 3 is 2.58 bits per heavy atom. The molecule has 0 saturated carbocycles. The van der Waals surface area contributed by atoms with Crippen molar-refractivity contribution in [3.63, 3.8) is 0 Å². The van der Waals surface area contributed by atoms with Gasteiger partial charge in [-0.2, -0.15) is 0 Å². The molecule has 0 radical (unpaired) electrons. The number of nitrogen functional groups attached to an aromatic ring is 1. The van der Waals surface area contributed by atoms with Crippen LogP contribution in [0.4, 0.5) is 15.8 Å². The summed E-state index contributed by atoms with van der Waals surface area (Å²) in [7, 11) is 1.92. The fraction of sp³-hybridized carbons (Fsp3) is 0.200. The van der Waals surface area contributed by atoms with Crippen LogP contribution in [0.1, 0.15) is 5.56 Å². The molecule has 2 N–H and O–H groups in total. The van der Waals surface area contributed by atoms with E-state index in [-0.39, 0.29) is 5.82 Å². The highest BCUT2D eigenvalue weighted by molar-refractivity contribution is 9.10. The molecule has 2 nitrogen and oxygen atoms in total. The Hall–Kier alpha value is -1.55. The molecule has 0 heterocycles. The van der Waals surface area contributed by atoms with E-state index in [0.717, 1.165) is 18.7 Å². The first-order valence-corrected chi connectivity index (χ1v) is 6.87. The van der Waals surface area contributed by atoms with Crippen molar-refractivity contribution in [2.45, 2.75) is 6.42 Å². The molecule has 2 aromatic rings. The molecule has 0 spiro atoms. The van der Waals surface area contributed by atoms with E-state index in [1.807, 2.05) is 30.1 Å². The molecule has 0 fully saturated rings. The predicted octanol–water partition coefficient (Wildman–Crippen LogP) is 3.85. The van der Waals surface area contributed by atoms with E-state index in [4.69, 9.17) is 5.73 Å². The number of rotatable bonds is 4. The lowest BCUT2D eigenvalue weighted by Gasteiger charge is -2.21. The molecule has 19 heavy (non-hydrogen) atoms. The third-order valence-corrected chi connectivity index (χ3v) is 3.67. The summed E-state index contributed by atoms with van der Waals surface area (Å²) in [5, 5.41) is 0. The van der Waals surface area contributed by atoms with Crippen LogP contribution in [0.25, 0.3) is 0 Å². The lowest BCUT2D eigenvalue weighted by Crippen LogP contribution is -2.21. The lowest BCUT2D eigenvalue weighted by molar-refractivity contribution is 0.620. The van der Waals surface area contributed by atoms with Gasteiger partial charge < -0.3 is 10.6 Å². The van der Waals surface area contributed by atoms with Gasteiger partial charge in [0.15, 0.2) is 0 Å². The Morgan fingerprint density at radius 2 is 1.89 bits per heavy atom. The Balaban J connectivity index is 2.08. The zero-order valence-electron chi connectivity index (χ0n) is 10.7. The molecule has 0 aliphatic heterocycles. The summed E-state index contributed by atoms with van der Waals surface area (Å²) < 4.78 is 13.9. The van der Waals surface area contributed by atoms with Gasteiger partial charge in [-0.05, 0) is 34.0 Å². The molecular weight excluding hydrogens is 307 g/mol. The van der Waals surface area contributed by atoms with E-state index in [2.05, 4.69) is 28.1 Å². The number of benzene rings is 2. The third kappa shape index (κ3) is 3.47. The molecule has 4 heteroatoms. The van der Waals surface area contributed by atoms with E-state index in [0.29, 0.717) is 10.2 Å². The van der Waals surface area contributed by atoms with Crippen LogP contribution in [-0.2, 0) is 6.42 Å². The van der Waals surface area contributed by atoms with E-state index < -0.39 is 0 Å². The molecule has 0 aliphatic carbocycles. The molecule has 0 bridgehead atoms. The molecule has 0 saturated heterocycles. The second-order valence-electron chi connectivity index (χ2n) is 4.48. The van der Waals surface area contributed by atoms with Gasteiger partial charge in [-0.25, -0.2) is 4.39 Å². The van der Waals surface area contributed by atoms with Gasteiger partial charge in [0.1, 0.15) is 5.82 Å². The van der Waals surface area contributed by atoms with Crippen molar-refractivity contribution in [2.24, 2.45) is 0 Å². The number of hydrogen-bond acceptors (Lipinski definition) is 2. The van der Waals surface area contributed by atoms with Gasteiger partial charge in [-0.15, -0.1) is 0 Å². The van der Waals surface area contributed by atoms with Crippen LogP contribution in [-0.4, -0.2) is 13.6 Å². The fourth-order valence-electron chi connectivity index (χ4n) is 1.94. The highest BCUT2D eigenvalue weighted by Gasteiger charge is 2.10. The molecule has 2 rings (SSSR count). The summed E-state index contributed by atoms with van der Waals surface area (Å²) in [6.45, 7) is 0.787. The van der Waals surface area contributed by atoms with Gasteiger partial charge in [0.25, 0.3) is 0 Å². The van der Waals surface area contributed by atoms with E-state index >= 15 is 0 Å². The molecule has 0 atom stereocenters. The van der Waals surface area contributed by atoms with E-state index in [1.54, 1.807) is 6.07 Å². The lowest BCUT2D eigenvalue weighted by atomic mass is 10.1. The number of halogens is 2. The second-order valence-corrected chi connectivity index (χ2v) is 5.34. The Bertz CT molecular complexity index is 558. The quantitative estimate of drug-likeness (QED) is 0.866. The van der Waals surface area contributed by atoms with Crippen molar-refractivity contribution >= 4 is 27.3 Å². The number of nitrogens with two attached hydrogens (primary N) is 1. The van der Waals surface area contributed by atoms with Crippen molar-refractivity contribution in [3.05, 3.63) is 58.3 Å². The van der Waals surface area contributed by atoms with Crippen LogP contribution in [0.15, 0.2) is 46.9 Å². The van der Waals surface area contributed by atoms with Crippen LogP contribution in [0.5, 0.6) is 0 Å². The molecule has 0 aliphatic rings. The molecule has 0 unspecified atom stereocenters. The van der Waals surface area contributed by atoms with Gasteiger partial charge in [0, 0.05) is 19.7 Å². The summed E-state index contributed by atoms with van der Waals surface area (Å²) in [6.07, 6.45) is 0.897. The largest absolute Gasteiger partial charge is 0.397 e. The fourth-order valence-corrected chi connectivity index (χ4v) is 2.31. The number of likely N-dealkylation sites (N-methyl/N-ethyl adjacent to an activating group) is 1. The van der Waals surface area contributed by atoms with Crippen LogP contribution in [0.2, 0.25) is 0 Å². The standard InChI is InChI=1S/C15H16BrFN2/c1-19(8-7-11-5-3-2-4-6-11)15-10-13(17)12(16)9-14(15)18/h2-6,9-10H,7-8,18H2,1H3. The first-order valence-electron chi connectivity index (χ1n) is 6.07. The van der Waals surface area contributed by atoms with Gasteiger partial charge in [0.2, 0.25) is 0 Å². The van der Waals surface area contributed by atoms with Crippen molar-refractivity contribution < 1.29 is 4.39 Å². The van der Waals surface area contributed by atoms with Crippen molar-refractivity contribution in [1.82, 2.24) is 0 Å². The maximum absolute atomic E-state index is 13.6. The Kier molecular flexibility index (Phi) is 4.43. The van der Waals surface area contributed by atoms with Gasteiger partial charge in [-0.1, -0.05) is 30.3 Å². The minimum atomic E-state index is -0.296. The number of nitrogens with zero attached hydrogens (tertiary/aromatic N) is 1. The highest BCUT2D eigenvalue weighted by atomic mass is 79.9. The summed E-state index contributed by atoms with van der Waals surface area (Å²) in [4.78, 5) is 1.97. The van der Waals surface area contributed by atoms with Crippen molar-refractivity contribution in [2.75, 3.05) is 24.2 Å². The monoisotopic (exact) mass is 322 g/mol. The number of anilines is 2. The van der Waals surface area contributed by atoms with E-state index in [1.165, 1.54) is 11.6 Å². The minimum Gasteiger partial charge on any atom is -0.397 e. The zero-order valence-corrected chi connectivity index (χ0v) is 12.3. The van der Waals surface area contributed by atoms with Crippen LogP contribution >= 0.6 is 15.9 Å². The Labute approximate surface area is 121 Å². The summed E-state index contributed by atoms with van der Waals surface area (Å²) in [6, 6.07) is 13.3. The molecule has 100 valence electrons. The first-order chi connectivity index (χ1) is 9.08. The summed E-state index contributed by atoms with van der Waals surface area (Å²) in [5.74, 6) is -0.296. The third-order valence-electron chi connectivity index (χ3n) is 3.06. The molecule has 2 aromatic carbocycles. The predicted molar refractivity (Wildman–Crippen MR) is 81.9 cm³/mol. The van der Waals surface area contributed by atoms with Gasteiger partial charge in [-0.3, -0.25) is 0 Å². The van der Waals surface area contributed by atoms with Crippen LogP contribution in [0, 0.1) is 5.82 Å². The normalized spacial score (nSPS) is 10.5. The highest BCUT2D eigenvalue weighted by Crippen LogP contribution is 2.28. The SMILES string of the molecule is CN(CCc1ccccc1)c1cc(F)c(Br)cc1N. The zero-order chi connectivity index (χ0) is 13.8. The summed E-state index contributed by atoms with van der Waals surface area (Å²) >= 11 is 3.13. The maximum atomic E-state index is 13.6. The average molecular weight is 323 g/mol. The molecular formula is C15H16BrFN2. The van der Waals surface area contributed by atoms with Crippen LogP contribution < -0.4 is 10.6 Å².